The first-order chi connectivity index (χ1) is 5.22. The molecule has 0 heterocycles. The molecule has 0 spiro atoms. The summed E-state index contributed by atoms with van der Waals surface area (Å²) >= 11 is 0. The Balaban J connectivity index is 2.89. The normalized spacial score (nSPS) is 10.0. The molecule has 0 saturated heterocycles. The number of hydrogen-bond donors (Lipinski definition) is 2. The Morgan fingerprint density at radius 3 is 2.64 bits per heavy atom. The Labute approximate surface area is 66.7 Å². The van der Waals surface area contributed by atoms with Crippen LogP contribution >= 0.6 is 0 Å². The molecule has 0 aliphatic rings. The van der Waals surface area contributed by atoms with Crippen molar-refractivity contribution in [3.63, 3.8) is 0 Å². The maximum absolute atomic E-state index is 9.18. The molecular weight excluding hydrogens is 138 g/mol. The Morgan fingerprint density at radius 1 is 1.36 bits per heavy atom. The average molecular weight is 151 g/mol. The smallest absolute Gasteiger partial charge is 0.116 e. The molecule has 0 radical (unpaired) electrons. The molecule has 1 aromatic rings. The molecule has 0 aliphatic heterocycles. The van der Waals surface area contributed by atoms with Crippen LogP contribution in [0.3, 0.4) is 0 Å². The van der Waals surface area contributed by atoms with Crippen LogP contribution in [0.25, 0.3) is 0 Å². The summed E-state index contributed by atoms with van der Waals surface area (Å²) in [5.74, 6) is 0.327. The number of benzene rings is 1. The van der Waals surface area contributed by atoms with Crippen LogP contribution in [0, 0.1) is 6.92 Å². The number of phenolic OH excluding ortho intramolecular Hbond substituents is 1. The van der Waals surface area contributed by atoms with Gasteiger partial charge in [-0.15, -0.1) is 0 Å². The predicted octanol–water partition coefficient (Wildman–Crippen LogP) is 1.20. The molecule has 11 heavy (non-hydrogen) atoms. The highest BCUT2D eigenvalue weighted by atomic mass is 16.3. The van der Waals surface area contributed by atoms with Crippen molar-refractivity contribution in [2.24, 2.45) is 5.73 Å². The molecule has 0 aliphatic carbocycles. The van der Waals surface area contributed by atoms with Crippen LogP contribution in [0.2, 0.25) is 0 Å². The van der Waals surface area contributed by atoms with Gasteiger partial charge < -0.3 is 10.8 Å². The summed E-state index contributed by atoms with van der Waals surface area (Å²) in [6.45, 7) is 2.59. The van der Waals surface area contributed by atoms with E-state index in [2.05, 4.69) is 0 Å². The summed E-state index contributed by atoms with van der Waals surface area (Å²) in [6, 6.07) is 5.52. The van der Waals surface area contributed by atoms with Crippen molar-refractivity contribution in [1.82, 2.24) is 0 Å². The number of rotatable bonds is 2. The predicted molar refractivity (Wildman–Crippen MR) is 45.6 cm³/mol. The van der Waals surface area contributed by atoms with Crippen LogP contribution in [0.15, 0.2) is 18.2 Å². The van der Waals surface area contributed by atoms with Crippen LogP contribution in [-0.2, 0) is 6.42 Å². The SMILES string of the molecule is Cc1cc(O)cc(CCN)c1. The Hall–Kier alpha value is -1.02. The van der Waals surface area contributed by atoms with Gasteiger partial charge in [-0.3, -0.25) is 0 Å². The van der Waals surface area contributed by atoms with E-state index in [0.29, 0.717) is 12.3 Å². The van der Waals surface area contributed by atoms with E-state index in [9.17, 15) is 5.11 Å². The minimum atomic E-state index is 0.327. The molecule has 0 saturated carbocycles. The summed E-state index contributed by atoms with van der Waals surface area (Å²) < 4.78 is 0. The maximum Gasteiger partial charge on any atom is 0.116 e. The van der Waals surface area contributed by atoms with E-state index in [1.165, 1.54) is 0 Å². The summed E-state index contributed by atoms with van der Waals surface area (Å²) in [4.78, 5) is 0. The maximum atomic E-state index is 9.18. The average Bonchev–Trinajstić information content (AvgIpc) is 1.85. The highest BCUT2D eigenvalue weighted by Crippen LogP contribution is 2.14. The molecule has 0 unspecified atom stereocenters. The Morgan fingerprint density at radius 2 is 2.09 bits per heavy atom. The molecule has 0 aromatic heterocycles. The summed E-state index contributed by atoms with van der Waals surface area (Å²) in [7, 11) is 0. The Bertz CT molecular complexity index is 225. The fourth-order valence-electron chi connectivity index (χ4n) is 1.15. The van der Waals surface area contributed by atoms with Crippen molar-refractivity contribution in [1.29, 1.82) is 0 Å². The number of phenols is 1. The molecule has 1 rings (SSSR count). The van der Waals surface area contributed by atoms with Gasteiger partial charge in [0.15, 0.2) is 0 Å². The van der Waals surface area contributed by atoms with Crippen molar-refractivity contribution in [2.75, 3.05) is 6.54 Å². The second-order valence-electron chi connectivity index (χ2n) is 2.72. The van der Waals surface area contributed by atoms with Crippen molar-refractivity contribution in [3.8, 4) is 5.75 Å². The first-order valence-electron chi connectivity index (χ1n) is 3.72. The van der Waals surface area contributed by atoms with Gasteiger partial charge in [-0.1, -0.05) is 6.07 Å². The van der Waals surface area contributed by atoms with Gasteiger partial charge in [0.1, 0.15) is 5.75 Å². The molecule has 0 amide bonds. The first kappa shape index (κ1) is 8.08. The van der Waals surface area contributed by atoms with Gasteiger partial charge in [-0.25, -0.2) is 0 Å². The number of hydrogen-bond acceptors (Lipinski definition) is 2. The third-order valence-electron chi connectivity index (χ3n) is 1.55. The first-order valence-corrected chi connectivity index (χ1v) is 3.72. The molecule has 2 nitrogen and oxygen atoms in total. The van der Waals surface area contributed by atoms with Crippen molar-refractivity contribution in [2.45, 2.75) is 13.3 Å². The molecule has 1 aromatic carbocycles. The fraction of sp³-hybridized carbons (Fsp3) is 0.333. The number of aromatic hydroxyl groups is 1. The standard InChI is InChI=1S/C9H13NO/c1-7-4-8(2-3-10)6-9(11)5-7/h4-6,11H,2-3,10H2,1H3. The van der Waals surface area contributed by atoms with E-state index in [4.69, 9.17) is 5.73 Å². The second-order valence-corrected chi connectivity index (χ2v) is 2.72. The quantitative estimate of drug-likeness (QED) is 0.667. The topological polar surface area (TPSA) is 46.2 Å². The lowest BCUT2D eigenvalue weighted by Gasteiger charge is -2.01. The molecule has 2 heteroatoms. The molecule has 0 fully saturated rings. The second kappa shape index (κ2) is 3.39. The molecule has 60 valence electrons. The lowest BCUT2D eigenvalue weighted by Crippen LogP contribution is -2.02. The van der Waals surface area contributed by atoms with Crippen LogP contribution < -0.4 is 5.73 Å². The third-order valence-corrected chi connectivity index (χ3v) is 1.55. The lowest BCUT2D eigenvalue weighted by atomic mass is 10.1. The van der Waals surface area contributed by atoms with E-state index >= 15 is 0 Å². The van der Waals surface area contributed by atoms with Gasteiger partial charge in [-0.2, -0.15) is 0 Å². The zero-order valence-electron chi connectivity index (χ0n) is 6.67. The highest BCUT2D eigenvalue weighted by Gasteiger charge is 1.95. The van der Waals surface area contributed by atoms with Gasteiger partial charge in [0.2, 0.25) is 0 Å². The van der Waals surface area contributed by atoms with Gasteiger partial charge in [0, 0.05) is 0 Å². The van der Waals surface area contributed by atoms with Gasteiger partial charge in [-0.05, 0) is 43.1 Å². The molecular formula is C9H13NO. The lowest BCUT2D eigenvalue weighted by molar-refractivity contribution is 0.474. The van der Waals surface area contributed by atoms with Crippen LogP contribution in [0.4, 0.5) is 0 Å². The van der Waals surface area contributed by atoms with E-state index in [-0.39, 0.29) is 0 Å². The van der Waals surface area contributed by atoms with Gasteiger partial charge in [0.05, 0.1) is 0 Å². The zero-order valence-corrected chi connectivity index (χ0v) is 6.67. The van der Waals surface area contributed by atoms with Gasteiger partial charge in [0.25, 0.3) is 0 Å². The summed E-state index contributed by atoms with van der Waals surface area (Å²) in [5.41, 5.74) is 7.56. The monoisotopic (exact) mass is 151 g/mol. The van der Waals surface area contributed by atoms with E-state index in [1.807, 2.05) is 13.0 Å². The zero-order chi connectivity index (χ0) is 8.27. The largest absolute Gasteiger partial charge is 0.508 e. The van der Waals surface area contributed by atoms with Crippen molar-refractivity contribution < 1.29 is 5.11 Å². The number of nitrogens with two attached hydrogens (primary N) is 1. The van der Waals surface area contributed by atoms with E-state index in [0.717, 1.165) is 17.5 Å². The Kier molecular flexibility index (Phi) is 2.49. The van der Waals surface area contributed by atoms with Gasteiger partial charge >= 0.3 is 0 Å². The van der Waals surface area contributed by atoms with Crippen molar-refractivity contribution in [3.05, 3.63) is 29.3 Å². The summed E-state index contributed by atoms with van der Waals surface area (Å²) in [6.07, 6.45) is 0.829. The highest BCUT2D eigenvalue weighted by molar-refractivity contribution is 5.32. The van der Waals surface area contributed by atoms with E-state index in [1.54, 1.807) is 12.1 Å². The van der Waals surface area contributed by atoms with Crippen LogP contribution in [0.5, 0.6) is 5.75 Å². The van der Waals surface area contributed by atoms with Crippen molar-refractivity contribution >= 4 is 0 Å². The minimum Gasteiger partial charge on any atom is -0.508 e. The molecule has 3 N–H and O–H groups in total. The number of aryl methyl sites for hydroxylation is 1. The fourth-order valence-corrected chi connectivity index (χ4v) is 1.15. The third kappa shape index (κ3) is 2.24. The minimum absolute atomic E-state index is 0.327. The van der Waals surface area contributed by atoms with Crippen LogP contribution in [-0.4, -0.2) is 11.7 Å². The van der Waals surface area contributed by atoms with E-state index < -0.39 is 0 Å². The molecule has 0 atom stereocenters. The van der Waals surface area contributed by atoms with Crippen LogP contribution in [0.1, 0.15) is 11.1 Å². The molecule has 0 bridgehead atoms. The summed E-state index contributed by atoms with van der Waals surface area (Å²) in [5, 5.41) is 9.18.